The van der Waals surface area contributed by atoms with Crippen LogP contribution in [0.4, 0.5) is 0 Å². The van der Waals surface area contributed by atoms with E-state index in [-0.39, 0.29) is 0 Å². The van der Waals surface area contributed by atoms with Gasteiger partial charge in [0.2, 0.25) is 0 Å². The molecule has 23 heavy (non-hydrogen) atoms. The molecule has 0 saturated heterocycles. The first-order chi connectivity index (χ1) is 10.8. The number of benzene rings is 2. The second-order valence-corrected chi connectivity index (χ2v) is 6.85. The molecule has 0 spiro atoms. The van der Waals surface area contributed by atoms with Crippen LogP contribution in [-0.4, -0.2) is 35.1 Å². The van der Waals surface area contributed by atoms with Crippen LogP contribution >= 0.6 is 0 Å². The van der Waals surface area contributed by atoms with E-state index in [1.165, 1.54) is 6.42 Å². The summed E-state index contributed by atoms with van der Waals surface area (Å²) in [5.41, 5.74) is 0. The molecule has 0 fully saturated rings. The first-order valence-corrected chi connectivity index (χ1v) is 9.68. The van der Waals surface area contributed by atoms with E-state index in [2.05, 4.69) is 18.6 Å². The topological polar surface area (TPSA) is 43.4 Å². The lowest BCUT2D eigenvalue weighted by Gasteiger charge is -1.69. The summed E-state index contributed by atoms with van der Waals surface area (Å²) in [7, 11) is 0.583. The van der Waals surface area contributed by atoms with Crippen molar-refractivity contribution in [1.82, 2.24) is 0 Å². The lowest BCUT2D eigenvalue weighted by Crippen LogP contribution is -1.86. The van der Waals surface area contributed by atoms with E-state index < -0.39 is 9.84 Å². The fourth-order valence-electron chi connectivity index (χ4n) is 0.770. The first-order valence-electron chi connectivity index (χ1n) is 7.38. The van der Waals surface area contributed by atoms with Crippen LogP contribution in [-0.2, 0) is 14.6 Å². The summed E-state index contributed by atoms with van der Waals surface area (Å²) in [6.45, 7) is 4.25. The molecule has 0 aromatic heterocycles. The maximum Gasteiger partial charge on any atom is 0.144 e. The van der Waals surface area contributed by atoms with Crippen LogP contribution in [0.5, 0.6) is 0 Å². The summed E-state index contributed by atoms with van der Waals surface area (Å²) in [4.78, 5) is 0. The Morgan fingerprint density at radius 1 is 0.609 bits per heavy atom. The summed E-state index contributed by atoms with van der Waals surface area (Å²) in [5, 5.41) is 0. The molecule has 0 amide bonds. The molecule has 2 aromatic carbocycles. The van der Waals surface area contributed by atoms with Gasteiger partial charge in [-0.3, -0.25) is 0 Å². The van der Waals surface area contributed by atoms with Crippen molar-refractivity contribution in [2.75, 3.05) is 26.7 Å². The van der Waals surface area contributed by atoms with E-state index in [1.807, 2.05) is 72.8 Å². The second-order valence-electron chi connectivity index (χ2n) is 4.57. The predicted octanol–water partition coefficient (Wildman–Crippen LogP) is 4.71. The van der Waals surface area contributed by atoms with Crippen LogP contribution in [0.3, 0.4) is 0 Å². The lowest BCUT2D eigenvalue weighted by molar-refractivity contribution is 0.277. The third-order valence-electron chi connectivity index (χ3n) is 1.33. The summed E-state index contributed by atoms with van der Waals surface area (Å²) >= 11 is 0. The zero-order valence-electron chi connectivity index (χ0n) is 15.3. The van der Waals surface area contributed by atoms with E-state index in [4.69, 9.17) is 0 Å². The number of hydrogen-bond acceptors (Lipinski definition) is 3. The van der Waals surface area contributed by atoms with Crippen LogP contribution in [0.15, 0.2) is 72.8 Å². The third kappa shape index (κ3) is 64.0. The van der Waals surface area contributed by atoms with Crippen molar-refractivity contribution in [3.05, 3.63) is 72.8 Å². The van der Waals surface area contributed by atoms with Crippen molar-refractivity contribution >= 4 is 9.84 Å². The van der Waals surface area contributed by atoms with Crippen molar-refractivity contribution in [2.45, 2.75) is 20.3 Å². The van der Waals surface area contributed by atoms with E-state index in [1.54, 1.807) is 14.2 Å². The quantitative estimate of drug-likeness (QED) is 0.697. The van der Waals surface area contributed by atoms with Gasteiger partial charge in [-0.05, 0) is 0 Å². The highest BCUT2D eigenvalue weighted by Crippen LogP contribution is 1.80. The van der Waals surface area contributed by atoms with E-state index in [9.17, 15) is 8.42 Å². The van der Waals surface area contributed by atoms with Crippen molar-refractivity contribution in [3.63, 3.8) is 0 Å². The average Bonchev–Trinajstić information content (AvgIpc) is 2.51. The van der Waals surface area contributed by atoms with Crippen molar-refractivity contribution < 1.29 is 13.2 Å². The standard InChI is InChI=1S/2C6H6.C3H8.C2H6O2S.C2H6O/c2*1-2-4-6-5-3-1;1-3-2;1-5(2,3)4;1-3-2/h2*1-6H;3H2,1-2H3;1-2H3;1-2H3. The number of methoxy groups -OCH3 is 1. The first kappa shape index (κ1) is 26.3. The highest BCUT2D eigenvalue weighted by molar-refractivity contribution is 7.89. The van der Waals surface area contributed by atoms with E-state index in [0.717, 1.165) is 12.5 Å². The zero-order chi connectivity index (χ0) is 18.4. The normalized spacial score (nSPS) is 8.26. The van der Waals surface area contributed by atoms with Crippen LogP contribution in [0.25, 0.3) is 0 Å². The maximum absolute atomic E-state index is 9.63. The molecule has 3 nitrogen and oxygen atoms in total. The highest BCUT2D eigenvalue weighted by Gasteiger charge is 1.79. The molecule has 132 valence electrons. The minimum atomic E-state index is -2.67. The van der Waals surface area contributed by atoms with Crippen LogP contribution in [0, 0.1) is 0 Å². The van der Waals surface area contributed by atoms with Crippen molar-refractivity contribution in [2.24, 2.45) is 0 Å². The molecule has 0 radical (unpaired) electrons. The van der Waals surface area contributed by atoms with Crippen LogP contribution in [0.2, 0.25) is 0 Å². The summed E-state index contributed by atoms with van der Waals surface area (Å²) in [6, 6.07) is 24.0. The molecule has 0 saturated carbocycles. The minimum Gasteiger partial charge on any atom is -0.388 e. The van der Waals surface area contributed by atoms with Crippen molar-refractivity contribution in [3.8, 4) is 0 Å². The van der Waals surface area contributed by atoms with Crippen LogP contribution < -0.4 is 0 Å². The molecule has 0 atom stereocenters. The van der Waals surface area contributed by atoms with E-state index in [0.29, 0.717) is 0 Å². The molecule has 0 N–H and O–H groups in total. The molecular formula is C19H32O3S. The molecule has 0 aliphatic rings. The Morgan fingerprint density at radius 3 is 0.696 bits per heavy atom. The SMILES string of the molecule is CCC.COC.CS(C)(=O)=O.c1ccccc1.c1ccccc1. The molecule has 0 aliphatic carbocycles. The number of ether oxygens (including phenoxy) is 1. The highest BCUT2D eigenvalue weighted by atomic mass is 32.2. The van der Waals surface area contributed by atoms with Gasteiger partial charge in [-0.1, -0.05) is 93.1 Å². The third-order valence-corrected chi connectivity index (χ3v) is 1.33. The summed E-state index contributed by atoms with van der Waals surface area (Å²) in [6.07, 6.45) is 3.57. The Labute approximate surface area is 143 Å². The van der Waals surface area contributed by atoms with Gasteiger partial charge in [0.15, 0.2) is 0 Å². The van der Waals surface area contributed by atoms with Gasteiger partial charge in [0.05, 0.1) is 0 Å². The molecule has 2 aromatic rings. The fraction of sp³-hybridized carbons (Fsp3) is 0.368. The molecular weight excluding hydrogens is 308 g/mol. The van der Waals surface area contributed by atoms with E-state index >= 15 is 0 Å². The van der Waals surface area contributed by atoms with Gasteiger partial charge in [-0.2, -0.15) is 0 Å². The lowest BCUT2D eigenvalue weighted by atomic mass is 10.4. The van der Waals surface area contributed by atoms with Gasteiger partial charge in [0.25, 0.3) is 0 Å². The van der Waals surface area contributed by atoms with Crippen LogP contribution in [0.1, 0.15) is 20.3 Å². The smallest absolute Gasteiger partial charge is 0.144 e. The van der Waals surface area contributed by atoms with Gasteiger partial charge in [0, 0.05) is 26.7 Å². The molecule has 4 heteroatoms. The zero-order valence-corrected chi connectivity index (χ0v) is 16.1. The Balaban J connectivity index is -0.000000226. The Bertz CT molecular complexity index is 388. The van der Waals surface area contributed by atoms with Crippen molar-refractivity contribution in [1.29, 1.82) is 0 Å². The number of sulfone groups is 1. The molecule has 0 bridgehead atoms. The van der Waals surface area contributed by atoms with Gasteiger partial charge in [0.1, 0.15) is 9.84 Å². The minimum absolute atomic E-state index is 1.16. The molecule has 2 rings (SSSR count). The maximum atomic E-state index is 9.63. The second kappa shape index (κ2) is 22.6. The number of hydrogen-bond donors (Lipinski definition) is 0. The largest absolute Gasteiger partial charge is 0.388 e. The average molecular weight is 341 g/mol. The van der Waals surface area contributed by atoms with Gasteiger partial charge in [-0.15, -0.1) is 0 Å². The predicted molar refractivity (Wildman–Crippen MR) is 103 cm³/mol. The summed E-state index contributed by atoms with van der Waals surface area (Å²) < 4.78 is 23.5. The Hall–Kier alpha value is -1.65. The monoisotopic (exact) mass is 340 g/mol. The number of rotatable bonds is 0. The van der Waals surface area contributed by atoms with Gasteiger partial charge >= 0.3 is 0 Å². The fourth-order valence-corrected chi connectivity index (χ4v) is 0.770. The molecule has 0 heterocycles. The molecule has 0 unspecified atom stereocenters. The van der Waals surface area contributed by atoms with Gasteiger partial charge < -0.3 is 4.74 Å². The van der Waals surface area contributed by atoms with Gasteiger partial charge in [-0.25, -0.2) is 8.42 Å². The summed E-state index contributed by atoms with van der Waals surface area (Å²) in [5.74, 6) is 0. The molecule has 0 aliphatic heterocycles. The Morgan fingerprint density at radius 2 is 0.652 bits per heavy atom. The Kier molecular flexibility index (Phi) is 25.8.